The molecule has 1 amide bonds. The highest BCUT2D eigenvalue weighted by atomic mass is 32.2. The highest BCUT2D eigenvalue weighted by Gasteiger charge is 2.28. The molecule has 3 rings (SSSR count). The second kappa shape index (κ2) is 7.66. The van der Waals surface area contributed by atoms with E-state index < -0.39 is 15.8 Å². The third kappa shape index (κ3) is 4.45. The molecule has 1 aliphatic heterocycles. The fourth-order valence-electron chi connectivity index (χ4n) is 2.86. The standard InChI is InChI=1S/C19H21FN2O4S/c1-13-12-26-14(2)11-22(13)19(23)15-3-7-17(8-4-15)21-27(24,25)18-9-5-16(20)6-10-18/h3-10,13-14,21H,11-12H2,1-2H3. The van der Waals surface area contributed by atoms with Crippen molar-refractivity contribution in [1.29, 1.82) is 0 Å². The number of amides is 1. The fraction of sp³-hybridized carbons (Fsp3) is 0.316. The summed E-state index contributed by atoms with van der Waals surface area (Å²) in [4.78, 5) is 14.4. The molecule has 1 aliphatic rings. The number of nitrogens with zero attached hydrogens (tertiary/aromatic N) is 1. The van der Waals surface area contributed by atoms with Crippen LogP contribution in [0.2, 0.25) is 0 Å². The normalized spacial score (nSPS) is 20.3. The fourth-order valence-corrected chi connectivity index (χ4v) is 3.92. The molecule has 2 aromatic carbocycles. The second-order valence-corrected chi connectivity index (χ2v) is 8.27. The summed E-state index contributed by atoms with van der Waals surface area (Å²) in [5.41, 5.74) is 0.792. The van der Waals surface area contributed by atoms with E-state index in [-0.39, 0.29) is 22.9 Å². The maximum atomic E-state index is 13.0. The Hall–Kier alpha value is -2.45. The van der Waals surface area contributed by atoms with E-state index in [4.69, 9.17) is 4.74 Å². The Morgan fingerprint density at radius 3 is 2.37 bits per heavy atom. The Morgan fingerprint density at radius 2 is 1.74 bits per heavy atom. The number of hydrogen-bond donors (Lipinski definition) is 1. The molecule has 0 aliphatic carbocycles. The molecular weight excluding hydrogens is 371 g/mol. The van der Waals surface area contributed by atoms with E-state index in [1.807, 2.05) is 13.8 Å². The summed E-state index contributed by atoms with van der Waals surface area (Å²) in [5, 5.41) is 0. The van der Waals surface area contributed by atoms with Crippen molar-refractivity contribution in [2.75, 3.05) is 17.9 Å². The number of morpholine rings is 1. The molecule has 144 valence electrons. The Labute approximate surface area is 158 Å². The van der Waals surface area contributed by atoms with Gasteiger partial charge in [-0.2, -0.15) is 0 Å². The second-order valence-electron chi connectivity index (χ2n) is 6.59. The van der Waals surface area contributed by atoms with Gasteiger partial charge in [0.05, 0.1) is 23.6 Å². The molecule has 0 bridgehead atoms. The van der Waals surface area contributed by atoms with Gasteiger partial charge in [-0.25, -0.2) is 12.8 Å². The van der Waals surface area contributed by atoms with Crippen LogP contribution in [0.1, 0.15) is 24.2 Å². The molecule has 0 radical (unpaired) electrons. The maximum absolute atomic E-state index is 13.0. The van der Waals surface area contributed by atoms with Gasteiger partial charge in [-0.1, -0.05) is 0 Å². The minimum atomic E-state index is -3.83. The zero-order chi connectivity index (χ0) is 19.6. The van der Waals surface area contributed by atoms with Crippen molar-refractivity contribution in [3.63, 3.8) is 0 Å². The molecule has 6 nitrogen and oxygen atoms in total. The van der Waals surface area contributed by atoms with E-state index in [1.165, 1.54) is 24.3 Å². The van der Waals surface area contributed by atoms with Crippen molar-refractivity contribution in [1.82, 2.24) is 4.90 Å². The van der Waals surface area contributed by atoms with Gasteiger partial charge < -0.3 is 9.64 Å². The Bertz CT molecular complexity index is 914. The zero-order valence-corrected chi connectivity index (χ0v) is 15.9. The van der Waals surface area contributed by atoms with Crippen molar-refractivity contribution >= 4 is 21.6 Å². The van der Waals surface area contributed by atoms with Crippen LogP contribution in [0.25, 0.3) is 0 Å². The molecule has 1 N–H and O–H groups in total. The topological polar surface area (TPSA) is 75.7 Å². The van der Waals surface area contributed by atoms with E-state index >= 15 is 0 Å². The average Bonchev–Trinajstić information content (AvgIpc) is 2.64. The van der Waals surface area contributed by atoms with E-state index in [0.29, 0.717) is 24.4 Å². The Kier molecular flexibility index (Phi) is 5.48. The smallest absolute Gasteiger partial charge is 0.261 e. The third-order valence-electron chi connectivity index (χ3n) is 4.38. The molecule has 1 saturated heterocycles. The molecular formula is C19H21FN2O4S. The SMILES string of the molecule is CC1CN(C(=O)c2ccc(NS(=O)(=O)c3ccc(F)cc3)cc2)C(C)CO1. The van der Waals surface area contributed by atoms with Crippen molar-refractivity contribution in [2.45, 2.75) is 30.9 Å². The lowest BCUT2D eigenvalue weighted by Gasteiger charge is -2.36. The molecule has 0 aromatic heterocycles. The van der Waals surface area contributed by atoms with Crippen LogP contribution in [0.4, 0.5) is 10.1 Å². The van der Waals surface area contributed by atoms with Crippen LogP contribution in [0, 0.1) is 5.82 Å². The molecule has 2 atom stereocenters. The first kappa shape index (κ1) is 19.3. The van der Waals surface area contributed by atoms with Crippen LogP contribution in [-0.4, -0.2) is 44.5 Å². The molecule has 1 fully saturated rings. The van der Waals surface area contributed by atoms with Gasteiger partial charge in [-0.05, 0) is 62.4 Å². The molecule has 1 heterocycles. The van der Waals surface area contributed by atoms with Crippen molar-refractivity contribution in [3.05, 3.63) is 59.9 Å². The van der Waals surface area contributed by atoms with Crippen LogP contribution in [0.15, 0.2) is 53.4 Å². The maximum Gasteiger partial charge on any atom is 0.261 e. The minimum absolute atomic E-state index is 0.0213. The number of carbonyl (C=O) groups is 1. The molecule has 0 saturated carbocycles. The van der Waals surface area contributed by atoms with Gasteiger partial charge in [0.1, 0.15) is 5.82 Å². The van der Waals surface area contributed by atoms with Crippen LogP contribution < -0.4 is 4.72 Å². The molecule has 8 heteroatoms. The van der Waals surface area contributed by atoms with Gasteiger partial charge in [0, 0.05) is 17.8 Å². The first-order chi connectivity index (χ1) is 12.8. The lowest BCUT2D eigenvalue weighted by Crippen LogP contribution is -2.50. The first-order valence-corrected chi connectivity index (χ1v) is 10.1. The largest absolute Gasteiger partial charge is 0.375 e. The van der Waals surface area contributed by atoms with Crippen LogP contribution >= 0.6 is 0 Å². The number of benzene rings is 2. The number of sulfonamides is 1. The van der Waals surface area contributed by atoms with Gasteiger partial charge in [0.2, 0.25) is 0 Å². The number of carbonyl (C=O) groups excluding carboxylic acids is 1. The number of halogens is 1. The summed E-state index contributed by atoms with van der Waals surface area (Å²) >= 11 is 0. The van der Waals surface area contributed by atoms with Crippen LogP contribution in [0.3, 0.4) is 0 Å². The van der Waals surface area contributed by atoms with Crippen LogP contribution in [0.5, 0.6) is 0 Å². The van der Waals surface area contributed by atoms with Crippen LogP contribution in [-0.2, 0) is 14.8 Å². The lowest BCUT2D eigenvalue weighted by atomic mass is 10.1. The predicted molar refractivity (Wildman–Crippen MR) is 99.6 cm³/mol. The van der Waals surface area contributed by atoms with Gasteiger partial charge in [0.15, 0.2) is 0 Å². The summed E-state index contributed by atoms with van der Waals surface area (Å²) in [6, 6.07) is 10.8. The number of anilines is 1. The van der Waals surface area contributed by atoms with E-state index in [9.17, 15) is 17.6 Å². The highest BCUT2D eigenvalue weighted by molar-refractivity contribution is 7.92. The summed E-state index contributed by atoms with van der Waals surface area (Å²) < 4.78 is 45.6. The molecule has 2 aromatic rings. The van der Waals surface area contributed by atoms with Gasteiger partial charge in [0.25, 0.3) is 15.9 Å². The third-order valence-corrected chi connectivity index (χ3v) is 5.77. The summed E-state index contributed by atoms with van der Waals surface area (Å²) in [7, 11) is -3.83. The van der Waals surface area contributed by atoms with Gasteiger partial charge in [-0.3, -0.25) is 9.52 Å². The summed E-state index contributed by atoms with van der Waals surface area (Å²) in [5.74, 6) is -0.630. The predicted octanol–water partition coefficient (Wildman–Crippen LogP) is 2.88. The minimum Gasteiger partial charge on any atom is -0.375 e. The Balaban J connectivity index is 1.73. The Morgan fingerprint density at radius 1 is 1.11 bits per heavy atom. The van der Waals surface area contributed by atoms with Gasteiger partial charge in [-0.15, -0.1) is 0 Å². The van der Waals surface area contributed by atoms with Gasteiger partial charge >= 0.3 is 0 Å². The van der Waals surface area contributed by atoms with E-state index in [2.05, 4.69) is 4.72 Å². The highest BCUT2D eigenvalue weighted by Crippen LogP contribution is 2.20. The number of hydrogen-bond acceptors (Lipinski definition) is 4. The average molecular weight is 392 g/mol. The molecule has 2 unspecified atom stereocenters. The quantitative estimate of drug-likeness (QED) is 0.868. The molecule has 0 spiro atoms. The number of rotatable bonds is 4. The zero-order valence-electron chi connectivity index (χ0n) is 15.1. The summed E-state index contributed by atoms with van der Waals surface area (Å²) in [6.07, 6.45) is -0.0213. The first-order valence-electron chi connectivity index (χ1n) is 8.57. The number of nitrogens with one attached hydrogen (secondary N) is 1. The summed E-state index contributed by atoms with van der Waals surface area (Å²) in [6.45, 7) is 4.84. The van der Waals surface area contributed by atoms with Crippen molar-refractivity contribution < 1.29 is 22.3 Å². The number of ether oxygens (including phenoxy) is 1. The van der Waals surface area contributed by atoms with Crippen molar-refractivity contribution in [2.24, 2.45) is 0 Å². The van der Waals surface area contributed by atoms with E-state index in [1.54, 1.807) is 17.0 Å². The van der Waals surface area contributed by atoms with Crippen molar-refractivity contribution in [3.8, 4) is 0 Å². The van der Waals surface area contributed by atoms with E-state index in [0.717, 1.165) is 12.1 Å². The monoisotopic (exact) mass is 392 g/mol. The molecule has 27 heavy (non-hydrogen) atoms. The lowest BCUT2D eigenvalue weighted by molar-refractivity contribution is -0.0387.